The van der Waals surface area contributed by atoms with Crippen molar-refractivity contribution in [1.82, 2.24) is 15.2 Å². The second kappa shape index (κ2) is 10.7. The van der Waals surface area contributed by atoms with Gasteiger partial charge in [0.2, 0.25) is 0 Å². The van der Waals surface area contributed by atoms with Crippen molar-refractivity contribution in [3.63, 3.8) is 0 Å². The Kier molecular flexibility index (Phi) is 8.56. The first-order chi connectivity index (χ1) is 13.2. The Hall–Kier alpha value is -2.02. The van der Waals surface area contributed by atoms with E-state index in [1.54, 1.807) is 18.5 Å². The fourth-order valence-corrected chi connectivity index (χ4v) is 3.88. The number of hydrogen-bond acceptors (Lipinski definition) is 5. The van der Waals surface area contributed by atoms with Crippen LogP contribution in [0.4, 0.5) is 0 Å². The number of ether oxygens (including phenoxy) is 2. The molecular formula is C21H27Cl2N3O3. The molecule has 0 unspecified atom stereocenters. The number of aromatic nitrogens is 1. The standard InChI is InChI=1S/C21H25N3O3.2ClH/c1-2-26-20-8-16(21(25)24-12-17-10-23-11-18(17)13-24)5-6-19(20)27-14-15-4-3-7-22-9-15;;/h3-9,17-18,23H,2,10-14H2,1H3;2*1H/t17-,18+;;. The molecule has 0 aliphatic carbocycles. The molecule has 2 fully saturated rings. The molecule has 3 heterocycles. The number of benzene rings is 1. The number of hydrogen-bond donors (Lipinski definition) is 1. The molecule has 6 nitrogen and oxygen atoms in total. The minimum Gasteiger partial charge on any atom is -0.490 e. The van der Waals surface area contributed by atoms with Gasteiger partial charge in [-0.3, -0.25) is 9.78 Å². The van der Waals surface area contributed by atoms with Crippen molar-refractivity contribution in [2.24, 2.45) is 11.8 Å². The maximum atomic E-state index is 12.9. The van der Waals surface area contributed by atoms with Crippen molar-refractivity contribution in [2.75, 3.05) is 32.8 Å². The lowest BCUT2D eigenvalue weighted by molar-refractivity contribution is 0.0781. The van der Waals surface area contributed by atoms with Crippen molar-refractivity contribution in [2.45, 2.75) is 13.5 Å². The Morgan fingerprint density at radius 3 is 2.55 bits per heavy atom. The first-order valence-corrected chi connectivity index (χ1v) is 9.53. The van der Waals surface area contributed by atoms with Gasteiger partial charge in [-0.1, -0.05) is 6.07 Å². The largest absolute Gasteiger partial charge is 0.490 e. The molecule has 1 N–H and O–H groups in total. The highest BCUT2D eigenvalue weighted by Crippen LogP contribution is 2.32. The molecule has 2 aliphatic heterocycles. The molecule has 0 saturated carbocycles. The van der Waals surface area contributed by atoms with Gasteiger partial charge >= 0.3 is 0 Å². The van der Waals surface area contributed by atoms with Crippen LogP contribution < -0.4 is 14.8 Å². The highest BCUT2D eigenvalue weighted by molar-refractivity contribution is 5.95. The summed E-state index contributed by atoms with van der Waals surface area (Å²) in [6.07, 6.45) is 3.51. The zero-order valence-electron chi connectivity index (χ0n) is 16.4. The van der Waals surface area contributed by atoms with Gasteiger partial charge in [-0.25, -0.2) is 0 Å². The molecule has 4 rings (SSSR count). The predicted octanol–water partition coefficient (Wildman–Crippen LogP) is 3.19. The number of carbonyl (C=O) groups is 1. The molecule has 0 bridgehead atoms. The van der Waals surface area contributed by atoms with Gasteiger partial charge in [0.1, 0.15) is 6.61 Å². The van der Waals surface area contributed by atoms with Gasteiger partial charge in [0.25, 0.3) is 5.91 Å². The van der Waals surface area contributed by atoms with Crippen molar-refractivity contribution < 1.29 is 14.3 Å². The third kappa shape index (κ3) is 5.32. The summed E-state index contributed by atoms with van der Waals surface area (Å²) >= 11 is 0. The van der Waals surface area contributed by atoms with E-state index in [1.165, 1.54) is 0 Å². The average molecular weight is 440 g/mol. The van der Waals surface area contributed by atoms with Crippen LogP contribution in [0.1, 0.15) is 22.8 Å². The summed E-state index contributed by atoms with van der Waals surface area (Å²) in [6.45, 7) is 6.54. The molecule has 1 aromatic carbocycles. The van der Waals surface area contributed by atoms with Crippen LogP contribution in [0.25, 0.3) is 0 Å². The van der Waals surface area contributed by atoms with E-state index >= 15 is 0 Å². The first kappa shape index (κ1) is 23.3. The number of carbonyl (C=O) groups excluding carboxylic acids is 1. The van der Waals surface area contributed by atoms with E-state index in [0.29, 0.717) is 42.1 Å². The molecule has 2 aromatic rings. The minimum atomic E-state index is 0. The second-order valence-electron chi connectivity index (χ2n) is 7.13. The SMILES string of the molecule is CCOc1cc(C(=O)N2C[C@H]3CNC[C@H]3C2)ccc1OCc1cccnc1.Cl.Cl. The number of fused-ring (bicyclic) bond motifs is 1. The van der Waals surface area contributed by atoms with Gasteiger partial charge in [-0.2, -0.15) is 0 Å². The number of likely N-dealkylation sites (tertiary alicyclic amines) is 1. The zero-order valence-corrected chi connectivity index (χ0v) is 18.0. The summed E-state index contributed by atoms with van der Waals surface area (Å²) in [5.74, 6) is 2.49. The summed E-state index contributed by atoms with van der Waals surface area (Å²) in [7, 11) is 0. The highest BCUT2D eigenvalue weighted by Gasteiger charge is 2.38. The molecule has 0 radical (unpaired) electrons. The summed E-state index contributed by atoms with van der Waals surface area (Å²) < 4.78 is 11.6. The topological polar surface area (TPSA) is 63.7 Å². The molecule has 158 valence electrons. The van der Waals surface area contributed by atoms with E-state index in [9.17, 15) is 4.79 Å². The highest BCUT2D eigenvalue weighted by atomic mass is 35.5. The number of nitrogens with zero attached hydrogens (tertiary/aromatic N) is 2. The average Bonchev–Trinajstić information content (AvgIpc) is 3.30. The molecule has 2 aliphatic rings. The molecular weight excluding hydrogens is 413 g/mol. The van der Waals surface area contributed by atoms with E-state index in [4.69, 9.17) is 9.47 Å². The number of nitrogens with one attached hydrogen (secondary N) is 1. The number of halogens is 2. The van der Waals surface area contributed by atoms with Crippen molar-refractivity contribution in [3.05, 3.63) is 53.9 Å². The van der Waals surface area contributed by atoms with E-state index in [2.05, 4.69) is 10.3 Å². The normalized spacial score (nSPS) is 19.7. The van der Waals surface area contributed by atoms with Crippen LogP contribution in [0.3, 0.4) is 0 Å². The Morgan fingerprint density at radius 2 is 1.90 bits per heavy atom. The van der Waals surface area contributed by atoms with Crippen LogP contribution in [0.2, 0.25) is 0 Å². The number of amides is 1. The van der Waals surface area contributed by atoms with Gasteiger partial charge < -0.3 is 19.7 Å². The zero-order chi connectivity index (χ0) is 18.6. The van der Waals surface area contributed by atoms with Crippen LogP contribution in [-0.4, -0.2) is 48.6 Å². The lowest BCUT2D eigenvalue weighted by Gasteiger charge is -2.19. The third-order valence-corrected chi connectivity index (χ3v) is 5.28. The minimum absolute atomic E-state index is 0. The van der Waals surface area contributed by atoms with Gasteiger partial charge in [-0.15, -0.1) is 24.8 Å². The lowest BCUT2D eigenvalue weighted by atomic mass is 10.0. The van der Waals surface area contributed by atoms with E-state index in [1.807, 2.05) is 36.1 Å². The Bertz CT molecular complexity index is 795. The summed E-state index contributed by atoms with van der Waals surface area (Å²) in [6, 6.07) is 9.30. The molecule has 2 atom stereocenters. The van der Waals surface area contributed by atoms with Crippen molar-refractivity contribution in [1.29, 1.82) is 0 Å². The third-order valence-electron chi connectivity index (χ3n) is 5.28. The van der Waals surface area contributed by atoms with Crippen LogP contribution in [0, 0.1) is 11.8 Å². The van der Waals surface area contributed by atoms with Crippen molar-refractivity contribution >= 4 is 30.7 Å². The molecule has 0 spiro atoms. The van der Waals surface area contributed by atoms with Crippen LogP contribution in [0.15, 0.2) is 42.7 Å². The molecule has 2 saturated heterocycles. The maximum Gasteiger partial charge on any atom is 0.254 e. The Morgan fingerprint density at radius 1 is 1.14 bits per heavy atom. The smallest absolute Gasteiger partial charge is 0.254 e. The molecule has 1 amide bonds. The van der Waals surface area contributed by atoms with Gasteiger partial charge in [0.05, 0.1) is 6.61 Å². The quantitative estimate of drug-likeness (QED) is 0.748. The number of rotatable bonds is 6. The van der Waals surface area contributed by atoms with Crippen LogP contribution >= 0.6 is 24.8 Å². The van der Waals surface area contributed by atoms with Gasteiger partial charge in [0.15, 0.2) is 11.5 Å². The Labute approximate surface area is 183 Å². The summed E-state index contributed by atoms with van der Waals surface area (Å²) in [4.78, 5) is 19.0. The van der Waals surface area contributed by atoms with Crippen molar-refractivity contribution in [3.8, 4) is 11.5 Å². The Balaban J connectivity index is 0.00000150. The van der Waals surface area contributed by atoms with E-state index < -0.39 is 0 Å². The van der Waals surface area contributed by atoms with Gasteiger partial charge in [0, 0.05) is 49.7 Å². The fraction of sp³-hybridized carbons (Fsp3) is 0.429. The monoisotopic (exact) mass is 439 g/mol. The van der Waals surface area contributed by atoms with Crippen LogP contribution in [0.5, 0.6) is 11.5 Å². The van der Waals surface area contributed by atoms with Crippen LogP contribution in [-0.2, 0) is 6.61 Å². The lowest BCUT2D eigenvalue weighted by Crippen LogP contribution is -2.31. The van der Waals surface area contributed by atoms with E-state index in [0.717, 1.165) is 31.7 Å². The van der Waals surface area contributed by atoms with Gasteiger partial charge in [-0.05, 0) is 43.0 Å². The first-order valence-electron chi connectivity index (χ1n) is 9.53. The maximum absolute atomic E-state index is 12.9. The predicted molar refractivity (Wildman–Crippen MR) is 116 cm³/mol. The summed E-state index contributed by atoms with van der Waals surface area (Å²) in [5.41, 5.74) is 1.64. The molecule has 8 heteroatoms. The second-order valence-corrected chi connectivity index (χ2v) is 7.13. The molecule has 1 aromatic heterocycles. The number of pyridine rings is 1. The van der Waals surface area contributed by atoms with E-state index in [-0.39, 0.29) is 30.7 Å². The summed E-state index contributed by atoms with van der Waals surface area (Å²) in [5, 5.41) is 3.41. The fourth-order valence-electron chi connectivity index (χ4n) is 3.88. The molecule has 29 heavy (non-hydrogen) atoms.